The molecule has 0 atom stereocenters. The summed E-state index contributed by atoms with van der Waals surface area (Å²) < 4.78 is 92.7. The Balaban J connectivity index is 1.45. The number of carboxylic acids is 1. The highest BCUT2D eigenvalue weighted by Gasteiger charge is 2.21. The summed E-state index contributed by atoms with van der Waals surface area (Å²) in [4.78, 5) is 23.7. The van der Waals surface area contributed by atoms with E-state index in [0.717, 1.165) is 25.0 Å². The molecule has 242 valence electrons. The minimum Gasteiger partial charge on any atom is -0.494 e. The standard InChI is InChI=1S/C31H28F2N2O9S2/c1-2-3-15-43-21-7-10-24(11-8-21)45(39,40)34-29-14-9-23(18-26(29)31(37)38)44-22-6-4-5-20(16-22)17-30(36)35-46(41,42)25-12-13-27(32)28(33)19-25/h4-14,16,18-19,34H,2-3,15,17H2,1H3,(H,35,36)(H,37,38). The Morgan fingerprint density at radius 2 is 1.46 bits per heavy atom. The lowest BCUT2D eigenvalue weighted by Gasteiger charge is -2.13. The van der Waals surface area contributed by atoms with Crippen LogP contribution in [0.4, 0.5) is 14.5 Å². The first kappa shape index (κ1) is 33.9. The number of hydrogen-bond donors (Lipinski definition) is 3. The van der Waals surface area contributed by atoms with Gasteiger partial charge in [-0.05, 0) is 84.8 Å². The van der Waals surface area contributed by atoms with Gasteiger partial charge in [0.1, 0.15) is 17.2 Å². The van der Waals surface area contributed by atoms with E-state index in [-0.39, 0.29) is 22.1 Å². The molecule has 4 rings (SSSR count). The second kappa shape index (κ2) is 14.4. The molecule has 3 N–H and O–H groups in total. The van der Waals surface area contributed by atoms with Gasteiger partial charge in [0.25, 0.3) is 20.0 Å². The van der Waals surface area contributed by atoms with Crippen molar-refractivity contribution in [2.75, 3.05) is 11.3 Å². The van der Waals surface area contributed by atoms with Gasteiger partial charge < -0.3 is 14.6 Å². The maximum Gasteiger partial charge on any atom is 0.337 e. The number of anilines is 1. The average Bonchev–Trinajstić information content (AvgIpc) is 2.99. The molecule has 0 bridgehead atoms. The van der Waals surface area contributed by atoms with Gasteiger partial charge in [-0.25, -0.2) is 35.1 Å². The molecule has 0 unspecified atom stereocenters. The Kier molecular flexibility index (Phi) is 10.6. The number of unbranched alkanes of at least 4 members (excludes halogenated alkanes) is 1. The van der Waals surface area contributed by atoms with Gasteiger partial charge in [0, 0.05) is 0 Å². The van der Waals surface area contributed by atoms with Crippen molar-refractivity contribution in [3.63, 3.8) is 0 Å². The SMILES string of the molecule is CCCCOc1ccc(S(=O)(=O)Nc2ccc(Oc3cccc(CC(=O)NS(=O)(=O)c4ccc(F)c(F)c4)c3)cc2C(=O)O)cc1. The summed E-state index contributed by atoms with van der Waals surface area (Å²) in [5.41, 5.74) is -0.311. The van der Waals surface area contributed by atoms with Crippen LogP contribution in [0.25, 0.3) is 0 Å². The number of carbonyl (C=O) groups is 2. The Labute approximate surface area is 263 Å². The predicted octanol–water partition coefficient (Wildman–Crippen LogP) is 5.48. The predicted molar refractivity (Wildman–Crippen MR) is 163 cm³/mol. The van der Waals surface area contributed by atoms with Crippen molar-refractivity contribution in [3.8, 4) is 17.2 Å². The van der Waals surface area contributed by atoms with E-state index in [9.17, 15) is 40.3 Å². The third-order valence-corrected chi connectivity index (χ3v) is 9.07. The number of aromatic carboxylic acids is 1. The average molecular weight is 675 g/mol. The van der Waals surface area contributed by atoms with Gasteiger partial charge in [-0.2, -0.15) is 0 Å². The third kappa shape index (κ3) is 8.79. The number of carbonyl (C=O) groups excluding carboxylic acids is 1. The van der Waals surface area contributed by atoms with Gasteiger partial charge in [-0.3, -0.25) is 9.52 Å². The zero-order valence-electron chi connectivity index (χ0n) is 24.2. The first-order chi connectivity index (χ1) is 21.8. The van der Waals surface area contributed by atoms with Gasteiger partial charge in [-0.1, -0.05) is 25.5 Å². The van der Waals surface area contributed by atoms with Crippen LogP contribution in [0.2, 0.25) is 0 Å². The molecule has 0 aromatic heterocycles. The van der Waals surface area contributed by atoms with E-state index in [2.05, 4.69) is 4.72 Å². The molecular weight excluding hydrogens is 646 g/mol. The second-order valence-electron chi connectivity index (χ2n) is 9.82. The van der Waals surface area contributed by atoms with Gasteiger partial charge in [-0.15, -0.1) is 0 Å². The molecule has 0 saturated carbocycles. The summed E-state index contributed by atoms with van der Waals surface area (Å²) in [6.45, 7) is 2.50. The Morgan fingerprint density at radius 3 is 2.13 bits per heavy atom. The van der Waals surface area contributed by atoms with Crippen molar-refractivity contribution in [2.45, 2.75) is 36.0 Å². The fourth-order valence-electron chi connectivity index (χ4n) is 4.04. The molecular formula is C31H28F2N2O9S2. The maximum absolute atomic E-state index is 13.5. The number of halogens is 2. The highest BCUT2D eigenvalue weighted by Crippen LogP contribution is 2.29. The van der Waals surface area contributed by atoms with Crippen molar-refractivity contribution in [2.24, 2.45) is 0 Å². The molecule has 0 radical (unpaired) electrons. The van der Waals surface area contributed by atoms with E-state index in [0.29, 0.717) is 30.1 Å². The summed E-state index contributed by atoms with van der Waals surface area (Å²) in [6.07, 6.45) is 1.35. The smallest absolute Gasteiger partial charge is 0.337 e. The summed E-state index contributed by atoms with van der Waals surface area (Å²) >= 11 is 0. The molecule has 0 spiro atoms. The van der Waals surface area contributed by atoms with Crippen molar-refractivity contribution in [3.05, 3.63) is 108 Å². The molecule has 1 amide bonds. The summed E-state index contributed by atoms with van der Waals surface area (Å²) in [6, 6.07) is 17.1. The van der Waals surface area contributed by atoms with Gasteiger partial charge in [0.05, 0.1) is 34.1 Å². The van der Waals surface area contributed by atoms with Gasteiger partial charge >= 0.3 is 5.97 Å². The third-order valence-electron chi connectivity index (χ3n) is 6.31. The first-order valence-corrected chi connectivity index (χ1v) is 16.6. The lowest BCUT2D eigenvalue weighted by molar-refractivity contribution is -0.118. The van der Waals surface area contributed by atoms with Crippen LogP contribution in [0, 0.1) is 11.6 Å². The molecule has 4 aromatic carbocycles. The van der Waals surface area contributed by atoms with Crippen LogP contribution in [0.15, 0.2) is 94.7 Å². The molecule has 0 aliphatic carbocycles. The highest BCUT2D eigenvalue weighted by molar-refractivity contribution is 7.92. The lowest BCUT2D eigenvalue weighted by atomic mass is 10.1. The number of benzene rings is 4. The Bertz CT molecular complexity index is 1970. The van der Waals surface area contributed by atoms with Gasteiger partial charge in [0.2, 0.25) is 5.91 Å². The van der Waals surface area contributed by atoms with Crippen LogP contribution >= 0.6 is 0 Å². The van der Waals surface area contributed by atoms with Crippen LogP contribution < -0.4 is 18.9 Å². The van der Waals surface area contributed by atoms with Crippen molar-refractivity contribution >= 4 is 37.6 Å². The molecule has 0 aliphatic heterocycles. The Hall–Kier alpha value is -5.02. The minimum atomic E-state index is -4.48. The van der Waals surface area contributed by atoms with E-state index in [1.807, 2.05) is 6.92 Å². The van der Waals surface area contributed by atoms with Crippen LogP contribution in [0.1, 0.15) is 35.7 Å². The number of ether oxygens (including phenoxy) is 2. The van der Waals surface area contributed by atoms with Crippen LogP contribution in [0.5, 0.6) is 17.2 Å². The van der Waals surface area contributed by atoms with E-state index in [1.165, 1.54) is 60.7 Å². The first-order valence-electron chi connectivity index (χ1n) is 13.7. The zero-order chi connectivity index (χ0) is 33.5. The number of sulfonamides is 2. The number of hydrogen-bond acceptors (Lipinski definition) is 8. The normalized spacial score (nSPS) is 11.5. The molecule has 11 nitrogen and oxygen atoms in total. The molecule has 15 heteroatoms. The molecule has 0 heterocycles. The van der Waals surface area contributed by atoms with Crippen LogP contribution in [-0.4, -0.2) is 40.4 Å². The lowest BCUT2D eigenvalue weighted by Crippen LogP contribution is -2.31. The van der Waals surface area contributed by atoms with Crippen molar-refractivity contribution in [1.29, 1.82) is 0 Å². The molecule has 4 aromatic rings. The second-order valence-corrected chi connectivity index (χ2v) is 13.2. The van der Waals surface area contributed by atoms with E-state index in [1.54, 1.807) is 4.72 Å². The zero-order valence-corrected chi connectivity index (χ0v) is 25.8. The topological polar surface area (TPSA) is 165 Å². The summed E-state index contributed by atoms with van der Waals surface area (Å²) in [5.74, 6) is -4.37. The monoisotopic (exact) mass is 674 g/mol. The number of rotatable bonds is 14. The summed E-state index contributed by atoms with van der Waals surface area (Å²) in [7, 11) is -8.64. The van der Waals surface area contributed by atoms with Crippen LogP contribution in [0.3, 0.4) is 0 Å². The van der Waals surface area contributed by atoms with Crippen LogP contribution in [-0.2, 0) is 31.3 Å². The number of amides is 1. The van der Waals surface area contributed by atoms with Crippen molar-refractivity contribution < 1.29 is 49.8 Å². The van der Waals surface area contributed by atoms with Gasteiger partial charge in [0.15, 0.2) is 11.6 Å². The number of carboxylic acid groups (broad SMARTS) is 1. The highest BCUT2D eigenvalue weighted by atomic mass is 32.2. The summed E-state index contributed by atoms with van der Waals surface area (Å²) in [5, 5.41) is 9.77. The van der Waals surface area contributed by atoms with E-state index < -0.39 is 60.4 Å². The minimum absolute atomic E-state index is 0.0245. The number of nitrogens with one attached hydrogen (secondary N) is 2. The molecule has 0 saturated heterocycles. The molecule has 0 fully saturated rings. The van der Waals surface area contributed by atoms with E-state index in [4.69, 9.17) is 9.47 Å². The fourth-order valence-corrected chi connectivity index (χ4v) is 6.11. The largest absolute Gasteiger partial charge is 0.494 e. The Morgan fingerprint density at radius 1 is 0.783 bits per heavy atom. The molecule has 46 heavy (non-hydrogen) atoms. The van der Waals surface area contributed by atoms with E-state index >= 15 is 0 Å². The molecule has 0 aliphatic rings. The quantitative estimate of drug-likeness (QED) is 0.147. The van der Waals surface area contributed by atoms with Crippen molar-refractivity contribution in [1.82, 2.24) is 4.72 Å². The maximum atomic E-state index is 13.5. The fraction of sp³-hybridized carbons (Fsp3) is 0.161.